The SMILES string of the molecule is CC(NC(=O)CN1C(=O)NC(C)(c2ccc(Cl)c(Cl)c2)C1=O)c1cc2ccccc2o1. The molecule has 7 nitrogen and oxygen atoms in total. The summed E-state index contributed by atoms with van der Waals surface area (Å²) in [6.07, 6.45) is 0. The van der Waals surface area contributed by atoms with Crippen LogP contribution in [0.5, 0.6) is 0 Å². The summed E-state index contributed by atoms with van der Waals surface area (Å²) in [5.41, 5.74) is -0.167. The van der Waals surface area contributed by atoms with Gasteiger partial charge in [-0.1, -0.05) is 47.5 Å². The van der Waals surface area contributed by atoms with Crippen molar-refractivity contribution >= 4 is 52.0 Å². The molecule has 1 saturated heterocycles. The molecule has 0 saturated carbocycles. The van der Waals surface area contributed by atoms with Gasteiger partial charge in [-0.15, -0.1) is 0 Å². The quantitative estimate of drug-likeness (QED) is 0.553. The standard InChI is InChI=1S/C22H19Cl2N3O4/c1-12(18-9-13-5-3-4-6-17(13)31-18)25-19(28)11-27-20(29)22(2,26-21(27)30)14-7-8-15(23)16(24)10-14/h3-10,12H,11H2,1-2H3,(H,25,28)(H,26,30). The molecule has 9 heteroatoms. The van der Waals surface area contributed by atoms with Crippen molar-refractivity contribution in [3.63, 3.8) is 0 Å². The van der Waals surface area contributed by atoms with Gasteiger partial charge in [0.1, 0.15) is 23.4 Å². The van der Waals surface area contributed by atoms with Crippen molar-refractivity contribution in [3.8, 4) is 0 Å². The van der Waals surface area contributed by atoms with Crippen LogP contribution in [0.2, 0.25) is 10.0 Å². The zero-order valence-corrected chi connectivity index (χ0v) is 18.3. The van der Waals surface area contributed by atoms with Crippen LogP contribution in [0.3, 0.4) is 0 Å². The monoisotopic (exact) mass is 459 g/mol. The molecule has 1 aliphatic rings. The van der Waals surface area contributed by atoms with Crippen LogP contribution in [0.15, 0.2) is 52.9 Å². The van der Waals surface area contributed by atoms with Crippen LogP contribution in [0.25, 0.3) is 11.0 Å². The predicted octanol–water partition coefficient (Wildman–Crippen LogP) is 4.38. The van der Waals surface area contributed by atoms with E-state index in [0.717, 1.165) is 10.3 Å². The van der Waals surface area contributed by atoms with E-state index in [1.165, 1.54) is 6.07 Å². The second-order valence-corrected chi connectivity index (χ2v) is 8.37. The minimum absolute atomic E-state index is 0.262. The second-order valence-electron chi connectivity index (χ2n) is 7.55. The number of furan rings is 1. The maximum atomic E-state index is 13.0. The number of carbonyl (C=O) groups is 3. The van der Waals surface area contributed by atoms with Crippen LogP contribution in [-0.2, 0) is 15.1 Å². The highest BCUT2D eigenvalue weighted by molar-refractivity contribution is 6.42. The first-order valence-electron chi connectivity index (χ1n) is 9.56. The highest BCUT2D eigenvalue weighted by Crippen LogP contribution is 2.33. The highest BCUT2D eigenvalue weighted by atomic mass is 35.5. The topological polar surface area (TPSA) is 91.7 Å². The highest BCUT2D eigenvalue weighted by Gasteiger charge is 2.49. The maximum absolute atomic E-state index is 13.0. The third kappa shape index (κ3) is 3.86. The third-order valence-corrected chi connectivity index (χ3v) is 6.06. The summed E-state index contributed by atoms with van der Waals surface area (Å²) in [5, 5.41) is 6.92. The molecule has 4 amide bonds. The number of amides is 4. The van der Waals surface area contributed by atoms with E-state index < -0.39 is 36.0 Å². The van der Waals surface area contributed by atoms with Gasteiger partial charge in [-0.25, -0.2) is 4.79 Å². The number of urea groups is 1. The van der Waals surface area contributed by atoms with Crippen molar-refractivity contribution in [2.45, 2.75) is 25.4 Å². The van der Waals surface area contributed by atoms with Crippen LogP contribution >= 0.6 is 23.2 Å². The number of para-hydroxylation sites is 1. The van der Waals surface area contributed by atoms with Crippen LogP contribution in [-0.4, -0.2) is 29.3 Å². The number of benzene rings is 2. The first-order chi connectivity index (χ1) is 14.7. The van der Waals surface area contributed by atoms with E-state index in [1.807, 2.05) is 30.3 Å². The Hall–Kier alpha value is -3.03. The molecule has 0 radical (unpaired) electrons. The summed E-state index contributed by atoms with van der Waals surface area (Å²) in [5.74, 6) is -0.468. The molecule has 1 fully saturated rings. The van der Waals surface area contributed by atoms with Crippen LogP contribution < -0.4 is 10.6 Å². The lowest BCUT2D eigenvalue weighted by molar-refractivity contribution is -0.135. The molecule has 1 aliphatic heterocycles. The lowest BCUT2D eigenvalue weighted by Crippen LogP contribution is -2.43. The van der Waals surface area contributed by atoms with Gasteiger partial charge in [-0.05, 0) is 43.7 Å². The fourth-order valence-electron chi connectivity index (χ4n) is 3.56. The van der Waals surface area contributed by atoms with E-state index in [0.29, 0.717) is 21.9 Å². The molecule has 4 rings (SSSR count). The molecule has 1 aromatic heterocycles. The van der Waals surface area contributed by atoms with Crippen LogP contribution in [0, 0.1) is 0 Å². The molecule has 160 valence electrons. The number of imide groups is 1. The van der Waals surface area contributed by atoms with Gasteiger partial charge in [0.05, 0.1) is 16.1 Å². The molecule has 2 atom stereocenters. The Morgan fingerprint density at radius 2 is 1.90 bits per heavy atom. The predicted molar refractivity (Wildman–Crippen MR) is 117 cm³/mol. The number of fused-ring (bicyclic) bond motifs is 1. The fourth-order valence-corrected chi connectivity index (χ4v) is 3.86. The maximum Gasteiger partial charge on any atom is 0.325 e. The van der Waals surface area contributed by atoms with E-state index in [4.69, 9.17) is 27.6 Å². The van der Waals surface area contributed by atoms with Gasteiger partial charge in [0.15, 0.2) is 0 Å². The van der Waals surface area contributed by atoms with Gasteiger partial charge >= 0.3 is 6.03 Å². The molecule has 0 spiro atoms. The van der Waals surface area contributed by atoms with E-state index in [9.17, 15) is 14.4 Å². The van der Waals surface area contributed by atoms with Crippen molar-refractivity contribution in [2.24, 2.45) is 0 Å². The number of nitrogens with zero attached hydrogens (tertiary/aromatic N) is 1. The molecule has 3 aromatic rings. The molecule has 0 aliphatic carbocycles. The van der Waals surface area contributed by atoms with Gasteiger partial charge in [0, 0.05) is 5.39 Å². The summed E-state index contributed by atoms with van der Waals surface area (Å²) in [6, 6.07) is 12.9. The minimum atomic E-state index is -1.35. The molecule has 2 aromatic carbocycles. The van der Waals surface area contributed by atoms with Crippen molar-refractivity contribution in [3.05, 3.63) is 69.9 Å². The molecule has 0 bridgehead atoms. The second kappa shape index (κ2) is 7.90. The van der Waals surface area contributed by atoms with Crippen LogP contribution in [0.1, 0.15) is 31.2 Å². The van der Waals surface area contributed by atoms with Crippen molar-refractivity contribution < 1.29 is 18.8 Å². The lowest BCUT2D eigenvalue weighted by atomic mass is 9.92. The molecule has 31 heavy (non-hydrogen) atoms. The largest absolute Gasteiger partial charge is 0.459 e. The van der Waals surface area contributed by atoms with Gasteiger partial charge in [-0.3, -0.25) is 14.5 Å². The number of halogens is 2. The van der Waals surface area contributed by atoms with E-state index in [1.54, 1.807) is 26.0 Å². The smallest absolute Gasteiger partial charge is 0.325 e. The Kier molecular flexibility index (Phi) is 5.41. The number of carbonyl (C=O) groups excluding carboxylic acids is 3. The summed E-state index contributed by atoms with van der Waals surface area (Å²) in [4.78, 5) is 38.9. The van der Waals surface area contributed by atoms with Gasteiger partial charge in [0.2, 0.25) is 5.91 Å². The summed E-state index contributed by atoms with van der Waals surface area (Å²) in [6.45, 7) is 2.90. The Balaban J connectivity index is 1.47. The zero-order valence-electron chi connectivity index (χ0n) is 16.7. The fraction of sp³-hybridized carbons (Fsp3) is 0.227. The van der Waals surface area contributed by atoms with E-state index in [2.05, 4.69) is 10.6 Å². The lowest BCUT2D eigenvalue weighted by Gasteiger charge is -2.22. The number of rotatable bonds is 5. The Morgan fingerprint density at radius 1 is 1.16 bits per heavy atom. The van der Waals surface area contributed by atoms with Crippen molar-refractivity contribution in [1.82, 2.24) is 15.5 Å². The number of nitrogens with one attached hydrogen (secondary N) is 2. The number of hydrogen-bond donors (Lipinski definition) is 2. The average molecular weight is 460 g/mol. The minimum Gasteiger partial charge on any atom is -0.459 e. The van der Waals surface area contributed by atoms with Crippen molar-refractivity contribution in [2.75, 3.05) is 6.54 Å². The van der Waals surface area contributed by atoms with Crippen molar-refractivity contribution in [1.29, 1.82) is 0 Å². The zero-order chi connectivity index (χ0) is 22.3. The third-order valence-electron chi connectivity index (χ3n) is 5.32. The van der Waals surface area contributed by atoms with E-state index >= 15 is 0 Å². The first kappa shape index (κ1) is 21.2. The van der Waals surface area contributed by atoms with Gasteiger partial charge in [-0.2, -0.15) is 0 Å². The molecular formula is C22H19Cl2N3O4. The summed E-state index contributed by atoms with van der Waals surface area (Å²) >= 11 is 12.0. The Labute approximate surface area is 188 Å². The first-order valence-corrected chi connectivity index (χ1v) is 10.3. The Bertz CT molecular complexity index is 1180. The molecule has 2 unspecified atom stereocenters. The van der Waals surface area contributed by atoms with Crippen LogP contribution in [0.4, 0.5) is 4.79 Å². The molecule has 2 heterocycles. The number of hydrogen-bond acceptors (Lipinski definition) is 4. The summed E-state index contributed by atoms with van der Waals surface area (Å²) in [7, 11) is 0. The summed E-state index contributed by atoms with van der Waals surface area (Å²) < 4.78 is 5.76. The Morgan fingerprint density at radius 3 is 2.61 bits per heavy atom. The van der Waals surface area contributed by atoms with Gasteiger partial charge in [0.25, 0.3) is 5.91 Å². The molecule has 2 N–H and O–H groups in total. The molecular weight excluding hydrogens is 441 g/mol. The van der Waals surface area contributed by atoms with E-state index in [-0.39, 0.29) is 5.02 Å². The van der Waals surface area contributed by atoms with Gasteiger partial charge < -0.3 is 15.1 Å². The average Bonchev–Trinajstić information content (AvgIpc) is 3.25. The normalized spacial score (nSPS) is 19.5.